The van der Waals surface area contributed by atoms with Gasteiger partial charge in [-0.25, -0.2) is 10.4 Å². The van der Waals surface area contributed by atoms with Crippen LogP contribution in [0.1, 0.15) is 5.56 Å². The van der Waals surface area contributed by atoms with Gasteiger partial charge in [-0.1, -0.05) is 65.8 Å². The Kier molecular flexibility index (Phi) is 7.97. The molecule has 176 valence electrons. The second-order valence-electron chi connectivity index (χ2n) is 7.27. The van der Waals surface area contributed by atoms with Crippen molar-refractivity contribution in [2.75, 3.05) is 12.9 Å². The van der Waals surface area contributed by atoms with E-state index in [1.807, 2.05) is 36.4 Å². The second kappa shape index (κ2) is 11.5. The SMILES string of the molecule is COc1ccc(-n2c(SCC(=O)N/N=C\C(Cl)=C\c3ccccc3)nc3ccccc3c2=O)cc1. The molecule has 4 aromatic rings. The van der Waals surface area contributed by atoms with Crippen LogP contribution < -0.4 is 15.7 Å². The topological polar surface area (TPSA) is 85.6 Å². The number of carbonyl (C=O) groups excluding carboxylic acids is 1. The minimum absolute atomic E-state index is 0.00169. The molecule has 35 heavy (non-hydrogen) atoms. The number of nitrogens with zero attached hydrogens (tertiary/aromatic N) is 3. The third-order valence-corrected chi connectivity index (χ3v) is 6.03. The Morgan fingerprint density at radius 2 is 1.80 bits per heavy atom. The Bertz CT molecular complexity index is 1450. The minimum atomic E-state index is -0.362. The number of methoxy groups -OCH3 is 1. The Morgan fingerprint density at radius 3 is 2.54 bits per heavy atom. The molecule has 1 heterocycles. The van der Waals surface area contributed by atoms with Crippen molar-refractivity contribution < 1.29 is 9.53 Å². The summed E-state index contributed by atoms with van der Waals surface area (Å²) in [5.41, 5.74) is 4.32. The number of nitrogens with one attached hydrogen (secondary N) is 1. The zero-order chi connectivity index (χ0) is 24.6. The number of thioether (sulfide) groups is 1. The average molecular weight is 505 g/mol. The van der Waals surface area contributed by atoms with Crippen LogP contribution in [0.2, 0.25) is 0 Å². The number of para-hydroxylation sites is 1. The van der Waals surface area contributed by atoms with Crippen molar-refractivity contribution in [3.8, 4) is 11.4 Å². The van der Waals surface area contributed by atoms with Crippen molar-refractivity contribution >= 4 is 52.5 Å². The fraction of sp³-hybridized carbons (Fsp3) is 0.0769. The average Bonchev–Trinajstić information content (AvgIpc) is 2.88. The molecule has 0 unspecified atom stereocenters. The van der Waals surface area contributed by atoms with Crippen LogP contribution in [0.15, 0.2) is 98.9 Å². The Hall–Kier alpha value is -3.88. The highest BCUT2D eigenvalue weighted by Crippen LogP contribution is 2.22. The normalized spacial score (nSPS) is 11.7. The third kappa shape index (κ3) is 6.17. The summed E-state index contributed by atoms with van der Waals surface area (Å²) in [7, 11) is 1.58. The van der Waals surface area contributed by atoms with E-state index in [9.17, 15) is 9.59 Å². The first-order valence-electron chi connectivity index (χ1n) is 10.6. The van der Waals surface area contributed by atoms with Gasteiger partial charge in [0.1, 0.15) is 5.75 Å². The van der Waals surface area contributed by atoms with Crippen LogP contribution in [-0.2, 0) is 4.79 Å². The van der Waals surface area contributed by atoms with Crippen LogP contribution in [0.4, 0.5) is 0 Å². The van der Waals surface area contributed by atoms with E-state index in [2.05, 4.69) is 15.5 Å². The molecule has 1 N–H and O–H groups in total. The van der Waals surface area contributed by atoms with E-state index in [0.717, 1.165) is 17.3 Å². The van der Waals surface area contributed by atoms with E-state index in [4.69, 9.17) is 16.3 Å². The molecule has 1 aromatic heterocycles. The summed E-state index contributed by atoms with van der Waals surface area (Å²) in [4.78, 5) is 30.3. The fourth-order valence-electron chi connectivity index (χ4n) is 3.24. The lowest BCUT2D eigenvalue weighted by Crippen LogP contribution is -2.24. The smallest absolute Gasteiger partial charge is 0.266 e. The number of fused-ring (bicyclic) bond motifs is 1. The van der Waals surface area contributed by atoms with Gasteiger partial charge < -0.3 is 4.74 Å². The van der Waals surface area contributed by atoms with Gasteiger partial charge in [0.05, 0.1) is 40.7 Å². The number of hydrogen-bond acceptors (Lipinski definition) is 6. The van der Waals surface area contributed by atoms with E-state index in [0.29, 0.717) is 32.5 Å². The fourth-order valence-corrected chi connectivity index (χ4v) is 4.22. The number of aromatic nitrogens is 2. The summed E-state index contributed by atoms with van der Waals surface area (Å²) < 4.78 is 6.70. The highest BCUT2D eigenvalue weighted by Gasteiger charge is 2.15. The molecule has 0 bridgehead atoms. The van der Waals surface area contributed by atoms with Gasteiger partial charge in [-0.3, -0.25) is 14.2 Å². The van der Waals surface area contributed by atoms with Crippen molar-refractivity contribution in [1.29, 1.82) is 0 Å². The number of amides is 1. The molecule has 4 rings (SSSR count). The number of hydrazone groups is 1. The lowest BCUT2D eigenvalue weighted by Gasteiger charge is -2.13. The van der Waals surface area contributed by atoms with Gasteiger partial charge in [0.2, 0.25) is 0 Å². The summed E-state index contributed by atoms with van der Waals surface area (Å²) in [6, 6.07) is 23.7. The van der Waals surface area contributed by atoms with Gasteiger partial charge in [-0.05, 0) is 48.0 Å². The number of rotatable bonds is 8. The Balaban J connectivity index is 1.51. The van der Waals surface area contributed by atoms with Gasteiger partial charge in [-0.2, -0.15) is 5.10 Å². The van der Waals surface area contributed by atoms with Crippen LogP contribution >= 0.6 is 23.4 Å². The predicted molar refractivity (Wildman–Crippen MR) is 142 cm³/mol. The number of ether oxygens (including phenoxy) is 1. The molecule has 7 nitrogen and oxygen atoms in total. The van der Waals surface area contributed by atoms with Crippen LogP contribution in [0.3, 0.4) is 0 Å². The number of carbonyl (C=O) groups is 1. The van der Waals surface area contributed by atoms with Crippen molar-refractivity contribution in [1.82, 2.24) is 15.0 Å². The summed E-state index contributed by atoms with van der Waals surface area (Å²) in [5.74, 6) is 0.305. The third-order valence-electron chi connectivity index (χ3n) is 4.89. The first-order valence-corrected chi connectivity index (χ1v) is 11.9. The number of allylic oxidation sites excluding steroid dienone is 1. The van der Waals surface area contributed by atoms with Gasteiger partial charge >= 0.3 is 0 Å². The lowest BCUT2D eigenvalue weighted by atomic mass is 10.2. The van der Waals surface area contributed by atoms with Gasteiger partial charge in [0.25, 0.3) is 11.5 Å². The zero-order valence-electron chi connectivity index (χ0n) is 18.7. The molecule has 0 aliphatic carbocycles. The Morgan fingerprint density at radius 1 is 1.09 bits per heavy atom. The van der Waals surface area contributed by atoms with Gasteiger partial charge in [-0.15, -0.1) is 0 Å². The van der Waals surface area contributed by atoms with Crippen molar-refractivity contribution in [2.24, 2.45) is 5.10 Å². The van der Waals surface area contributed by atoms with Crippen LogP contribution in [0.5, 0.6) is 5.75 Å². The maximum Gasteiger partial charge on any atom is 0.266 e. The van der Waals surface area contributed by atoms with Crippen molar-refractivity contribution in [2.45, 2.75) is 5.16 Å². The van der Waals surface area contributed by atoms with Gasteiger partial charge in [0.15, 0.2) is 5.16 Å². The molecule has 0 saturated carbocycles. The molecule has 0 atom stereocenters. The molecular formula is C26H21ClN4O3S. The second-order valence-corrected chi connectivity index (χ2v) is 8.65. The quantitative estimate of drug-likeness (QED) is 0.160. The van der Waals surface area contributed by atoms with Gasteiger partial charge in [0, 0.05) is 0 Å². The van der Waals surface area contributed by atoms with E-state index in [-0.39, 0.29) is 17.2 Å². The van der Waals surface area contributed by atoms with Crippen LogP contribution in [0.25, 0.3) is 22.7 Å². The standard InChI is InChI=1S/C26H21ClN4O3S/c1-34-21-13-11-20(12-14-21)31-25(33)22-9-5-6-10-23(22)29-26(31)35-17-24(32)30-28-16-19(27)15-18-7-3-2-4-8-18/h2-16H,17H2,1H3,(H,30,32)/b19-15-,28-16-. The molecule has 0 aliphatic rings. The summed E-state index contributed by atoms with van der Waals surface area (Å²) in [5, 5.41) is 5.15. The maximum atomic E-state index is 13.3. The van der Waals surface area contributed by atoms with Crippen LogP contribution in [-0.4, -0.2) is 34.5 Å². The molecule has 0 spiro atoms. The monoisotopic (exact) mass is 504 g/mol. The maximum absolute atomic E-state index is 13.3. The molecule has 9 heteroatoms. The number of hydrogen-bond donors (Lipinski definition) is 1. The highest BCUT2D eigenvalue weighted by molar-refractivity contribution is 7.99. The largest absolute Gasteiger partial charge is 0.497 e. The zero-order valence-corrected chi connectivity index (χ0v) is 20.3. The lowest BCUT2D eigenvalue weighted by molar-refractivity contribution is -0.118. The van der Waals surface area contributed by atoms with E-state index < -0.39 is 0 Å². The Labute approximate surface area is 211 Å². The van der Waals surface area contributed by atoms with Crippen molar-refractivity contribution in [3.05, 3.63) is 99.8 Å². The van der Waals surface area contributed by atoms with E-state index >= 15 is 0 Å². The minimum Gasteiger partial charge on any atom is -0.497 e. The first kappa shape index (κ1) is 24.3. The summed E-state index contributed by atoms with van der Waals surface area (Å²) in [6.07, 6.45) is 3.09. The number of halogens is 1. The molecule has 0 aliphatic heterocycles. The van der Waals surface area contributed by atoms with E-state index in [1.54, 1.807) is 55.7 Å². The predicted octanol–water partition coefficient (Wildman–Crippen LogP) is 4.87. The molecule has 0 saturated heterocycles. The molecule has 1 amide bonds. The first-order chi connectivity index (χ1) is 17.0. The van der Waals surface area contributed by atoms with E-state index in [1.165, 1.54) is 10.8 Å². The van der Waals surface area contributed by atoms with Crippen LogP contribution in [0, 0.1) is 0 Å². The van der Waals surface area contributed by atoms with Crippen molar-refractivity contribution in [3.63, 3.8) is 0 Å². The molecule has 0 fully saturated rings. The molecule has 0 radical (unpaired) electrons. The molecular weight excluding hydrogens is 484 g/mol. The number of benzene rings is 3. The highest BCUT2D eigenvalue weighted by atomic mass is 35.5. The summed E-state index contributed by atoms with van der Waals surface area (Å²) in [6.45, 7) is 0. The molecule has 3 aromatic carbocycles. The summed E-state index contributed by atoms with van der Waals surface area (Å²) >= 11 is 7.29.